The first-order valence-corrected chi connectivity index (χ1v) is 6.63. The number of nitrogens with zero attached hydrogens (tertiary/aromatic N) is 1. The molecule has 0 saturated heterocycles. The van der Waals surface area contributed by atoms with Gasteiger partial charge < -0.3 is 5.11 Å². The number of halogens is 1. The maximum Gasteiger partial charge on any atom is 0.117 e. The summed E-state index contributed by atoms with van der Waals surface area (Å²) in [5, 5.41) is 10.00. The van der Waals surface area contributed by atoms with Crippen molar-refractivity contribution in [1.29, 1.82) is 0 Å². The number of pyridine rings is 1. The van der Waals surface area contributed by atoms with Crippen LogP contribution in [-0.4, -0.2) is 10.1 Å². The second-order valence-corrected chi connectivity index (χ2v) is 4.83. The molecule has 0 atom stereocenters. The average molecular weight is 282 g/mol. The summed E-state index contributed by atoms with van der Waals surface area (Å²) in [6.45, 7) is 0. The van der Waals surface area contributed by atoms with Gasteiger partial charge in [0.15, 0.2) is 0 Å². The Hall–Kier alpha value is -2.32. The Balaban J connectivity index is 2.20. The van der Waals surface area contributed by atoms with Crippen LogP contribution >= 0.6 is 11.6 Å². The van der Waals surface area contributed by atoms with Gasteiger partial charge >= 0.3 is 0 Å². The highest BCUT2D eigenvalue weighted by atomic mass is 35.5. The fraction of sp³-hybridized carbons (Fsp3) is 0. The summed E-state index contributed by atoms with van der Waals surface area (Å²) in [7, 11) is 0. The number of hydrogen-bond acceptors (Lipinski definition) is 2. The van der Waals surface area contributed by atoms with Crippen molar-refractivity contribution in [3.8, 4) is 28.1 Å². The van der Waals surface area contributed by atoms with E-state index in [1.54, 1.807) is 18.3 Å². The van der Waals surface area contributed by atoms with Crippen LogP contribution in [0.25, 0.3) is 22.4 Å². The van der Waals surface area contributed by atoms with E-state index in [0.717, 1.165) is 22.4 Å². The standard InChI is InChI=1S/C17H12ClNO/c18-16-11-12(20)8-9-14(16)13-5-1-2-6-15(13)17-7-3-4-10-19-17/h1-11,20H. The second kappa shape index (κ2) is 5.35. The average Bonchev–Trinajstić information content (AvgIpc) is 2.48. The first kappa shape index (κ1) is 12.7. The Kier molecular flexibility index (Phi) is 3.40. The van der Waals surface area contributed by atoms with Crippen molar-refractivity contribution in [1.82, 2.24) is 4.98 Å². The monoisotopic (exact) mass is 281 g/mol. The molecule has 2 nitrogen and oxygen atoms in total. The van der Waals surface area contributed by atoms with Crippen LogP contribution in [0.3, 0.4) is 0 Å². The number of benzene rings is 2. The zero-order chi connectivity index (χ0) is 13.9. The molecule has 0 bridgehead atoms. The van der Waals surface area contributed by atoms with Gasteiger partial charge in [-0.15, -0.1) is 0 Å². The number of aromatic nitrogens is 1. The van der Waals surface area contributed by atoms with Gasteiger partial charge in [0, 0.05) is 17.3 Å². The van der Waals surface area contributed by atoms with Gasteiger partial charge in [-0.25, -0.2) is 0 Å². The zero-order valence-electron chi connectivity index (χ0n) is 10.6. The molecule has 1 N–H and O–H groups in total. The predicted octanol–water partition coefficient (Wildman–Crippen LogP) is 4.77. The van der Waals surface area contributed by atoms with Crippen molar-refractivity contribution in [2.75, 3.05) is 0 Å². The van der Waals surface area contributed by atoms with Gasteiger partial charge in [0.25, 0.3) is 0 Å². The Morgan fingerprint density at radius 1 is 0.800 bits per heavy atom. The summed E-state index contributed by atoms with van der Waals surface area (Å²) in [6, 6.07) is 18.8. The van der Waals surface area contributed by atoms with Crippen molar-refractivity contribution in [2.24, 2.45) is 0 Å². The lowest BCUT2D eigenvalue weighted by Gasteiger charge is -2.11. The Bertz CT molecular complexity index is 741. The Labute approximate surface area is 122 Å². The third kappa shape index (κ3) is 2.38. The van der Waals surface area contributed by atoms with Crippen LogP contribution in [0.4, 0.5) is 0 Å². The Morgan fingerprint density at radius 3 is 2.25 bits per heavy atom. The van der Waals surface area contributed by atoms with E-state index in [-0.39, 0.29) is 5.75 Å². The van der Waals surface area contributed by atoms with Crippen molar-refractivity contribution in [3.05, 3.63) is 71.9 Å². The summed E-state index contributed by atoms with van der Waals surface area (Å²) >= 11 is 6.24. The molecule has 1 heterocycles. The molecule has 0 aliphatic rings. The fourth-order valence-electron chi connectivity index (χ4n) is 2.19. The second-order valence-electron chi connectivity index (χ2n) is 4.42. The third-order valence-electron chi connectivity index (χ3n) is 3.11. The van der Waals surface area contributed by atoms with E-state index in [9.17, 15) is 5.11 Å². The topological polar surface area (TPSA) is 33.1 Å². The van der Waals surface area contributed by atoms with Gasteiger partial charge in [-0.2, -0.15) is 0 Å². The molecule has 3 rings (SSSR count). The molecule has 0 fully saturated rings. The molecule has 3 heteroatoms. The molecule has 3 aromatic rings. The van der Waals surface area contributed by atoms with Crippen LogP contribution in [0.15, 0.2) is 66.9 Å². The van der Waals surface area contributed by atoms with Gasteiger partial charge in [-0.05, 0) is 35.9 Å². The van der Waals surface area contributed by atoms with E-state index in [1.807, 2.05) is 48.5 Å². The fourth-order valence-corrected chi connectivity index (χ4v) is 2.46. The van der Waals surface area contributed by atoms with Gasteiger partial charge in [0.2, 0.25) is 0 Å². The zero-order valence-corrected chi connectivity index (χ0v) is 11.4. The number of aromatic hydroxyl groups is 1. The highest BCUT2D eigenvalue weighted by Crippen LogP contribution is 2.36. The molecular formula is C17H12ClNO. The molecule has 0 aliphatic carbocycles. The van der Waals surface area contributed by atoms with Gasteiger partial charge in [0.1, 0.15) is 5.75 Å². The van der Waals surface area contributed by atoms with Crippen LogP contribution in [0.1, 0.15) is 0 Å². The quantitative estimate of drug-likeness (QED) is 0.733. The summed E-state index contributed by atoms with van der Waals surface area (Å²) in [5.41, 5.74) is 3.79. The maximum atomic E-state index is 9.47. The molecule has 0 amide bonds. The van der Waals surface area contributed by atoms with Crippen LogP contribution in [0, 0.1) is 0 Å². The molecule has 0 saturated carbocycles. The van der Waals surface area contributed by atoms with Crippen molar-refractivity contribution < 1.29 is 5.11 Å². The minimum Gasteiger partial charge on any atom is -0.508 e. The lowest BCUT2D eigenvalue weighted by atomic mass is 9.97. The van der Waals surface area contributed by atoms with E-state index in [4.69, 9.17) is 11.6 Å². The molecule has 0 unspecified atom stereocenters. The Morgan fingerprint density at radius 2 is 1.55 bits per heavy atom. The number of hydrogen-bond donors (Lipinski definition) is 1. The minimum atomic E-state index is 0.161. The molecule has 98 valence electrons. The SMILES string of the molecule is Oc1ccc(-c2ccccc2-c2ccccn2)c(Cl)c1. The highest BCUT2D eigenvalue weighted by Gasteiger charge is 2.10. The maximum absolute atomic E-state index is 9.47. The van der Waals surface area contributed by atoms with Crippen LogP contribution in [0.2, 0.25) is 5.02 Å². The summed E-state index contributed by atoms with van der Waals surface area (Å²) in [6.07, 6.45) is 1.77. The molecule has 2 aromatic carbocycles. The summed E-state index contributed by atoms with van der Waals surface area (Å²) in [4.78, 5) is 4.39. The molecular weight excluding hydrogens is 270 g/mol. The number of phenolic OH excluding ortho intramolecular Hbond substituents is 1. The summed E-state index contributed by atoms with van der Waals surface area (Å²) < 4.78 is 0. The van der Waals surface area contributed by atoms with E-state index in [1.165, 1.54) is 0 Å². The molecule has 0 radical (unpaired) electrons. The highest BCUT2D eigenvalue weighted by molar-refractivity contribution is 6.33. The van der Waals surface area contributed by atoms with Gasteiger partial charge in [-0.1, -0.05) is 41.9 Å². The van der Waals surface area contributed by atoms with Crippen LogP contribution in [-0.2, 0) is 0 Å². The molecule has 1 aromatic heterocycles. The number of phenols is 1. The predicted molar refractivity (Wildman–Crippen MR) is 81.8 cm³/mol. The number of rotatable bonds is 2. The van der Waals surface area contributed by atoms with Crippen LogP contribution < -0.4 is 0 Å². The van der Waals surface area contributed by atoms with Gasteiger partial charge in [-0.3, -0.25) is 4.98 Å². The van der Waals surface area contributed by atoms with Crippen LogP contribution in [0.5, 0.6) is 5.75 Å². The van der Waals surface area contributed by atoms with Crippen molar-refractivity contribution >= 4 is 11.6 Å². The van der Waals surface area contributed by atoms with Crippen molar-refractivity contribution in [3.63, 3.8) is 0 Å². The van der Waals surface area contributed by atoms with E-state index in [2.05, 4.69) is 4.98 Å². The molecule has 20 heavy (non-hydrogen) atoms. The normalized spacial score (nSPS) is 10.4. The lowest BCUT2D eigenvalue weighted by Crippen LogP contribution is -1.88. The third-order valence-corrected chi connectivity index (χ3v) is 3.42. The minimum absolute atomic E-state index is 0.161. The smallest absolute Gasteiger partial charge is 0.117 e. The van der Waals surface area contributed by atoms with Crippen molar-refractivity contribution in [2.45, 2.75) is 0 Å². The molecule has 0 spiro atoms. The first-order chi connectivity index (χ1) is 9.75. The largest absolute Gasteiger partial charge is 0.508 e. The van der Waals surface area contributed by atoms with E-state index in [0.29, 0.717) is 5.02 Å². The lowest BCUT2D eigenvalue weighted by molar-refractivity contribution is 0.475. The molecule has 0 aliphatic heterocycles. The summed E-state index contributed by atoms with van der Waals surface area (Å²) in [5.74, 6) is 0.161. The first-order valence-electron chi connectivity index (χ1n) is 6.25. The van der Waals surface area contributed by atoms with E-state index < -0.39 is 0 Å². The van der Waals surface area contributed by atoms with Gasteiger partial charge in [0.05, 0.1) is 10.7 Å². The van der Waals surface area contributed by atoms with E-state index >= 15 is 0 Å².